The topological polar surface area (TPSA) is 49.3 Å². The van der Waals surface area contributed by atoms with Crippen molar-refractivity contribution < 1.29 is 9.90 Å². The number of aliphatic hydroxyl groups excluding tert-OH is 1. The lowest BCUT2D eigenvalue weighted by Gasteiger charge is -2.16. The van der Waals surface area contributed by atoms with Gasteiger partial charge in [-0.3, -0.25) is 4.79 Å². The molecule has 0 spiro atoms. The van der Waals surface area contributed by atoms with Crippen LogP contribution in [0.5, 0.6) is 0 Å². The minimum Gasteiger partial charge on any atom is -0.394 e. The highest BCUT2D eigenvalue weighted by Gasteiger charge is 2.10. The smallest absolute Gasteiger partial charge is 0.220 e. The van der Waals surface area contributed by atoms with Gasteiger partial charge in [-0.05, 0) is 12.8 Å². The Morgan fingerprint density at radius 1 is 0.486 bits per heavy atom. The minimum atomic E-state index is -0.0491. The van der Waals surface area contributed by atoms with Crippen molar-refractivity contribution in [2.75, 3.05) is 6.61 Å². The first kappa shape index (κ1) is 36.4. The fraction of sp³-hybridized carbons (Fsp3) is 0.971. The number of carbonyl (C=O) groups excluding carboxylic acids is 1. The van der Waals surface area contributed by atoms with E-state index in [1.807, 2.05) is 0 Å². The molecule has 0 aromatic heterocycles. The van der Waals surface area contributed by atoms with Gasteiger partial charge in [0.25, 0.3) is 0 Å². The van der Waals surface area contributed by atoms with E-state index >= 15 is 0 Å². The summed E-state index contributed by atoms with van der Waals surface area (Å²) < 4.78 is 0. The summed E-state index contributed by atoms with van der Waals surface area (Å²) in [6.07, 6.45) is 37.8. The zero-order valence-electron chi connectivity index (χ0n) is 25.6. The van der Waals surface area contributed by atoms with Crippen LogP contribution >= 0.6 is 0 Å². The maximum absolute atomic E-state index is 12.2. The van der Waals surface area contributed by atoms with Gasteiger partial charge in [0.15, 0.2) is 0 Å². The lowest BCUT2D eigenvalue weighted by Crippen LogP contribution is -2.37. The Balaban J connectivity index is 3.39. The second kappa shape index (κ2) is 31.6. The van der Waals surface area contributed by atoms with E-state index in [4.69, 9.17) is 0 Å². The summed E-state index contributed by atoms with van der Waals surface area (Å²) in [4.78, 5) is 12.2. The molecular formula is C34H69NO2. The SMILES string of the molecule is CCCCCCCCCCCCCCCCCC(=O)NC(CO)CCCCCCCCCCCCCC. The van der Waals surface area contributed by atoms with Gasteiger partial charge in [0.05, 0.1) is 12.6 Å². The lowest BCUT2D eigenvalue weighted by molar-refractivity contribution is -0.122. The van der Waals surface area contributed by atoms with E-state index in [0.29, 0.717) is 6.42 Å². The van der Waals surface area contributed by atoms with E-state index in [9.17, 15) is 9.90 Å². The summed E-state index contributed by atoms with van der Waals surface area (Å²) in [5.74, 6) is 0.132. The molecule has 0 aliphatic heterocycles. The number of unbranched alkanes of at least 4 members (excludes halogenated alkanes) is 25. The molecule has 0 saturated carbocycles. The van der Waals surface area contributed by atoms with Gasteiger partial charge < -0.3 is 10.4 Å². The van der Waals surface area contributed by atoms with Crippen LogP contribution in [0.2, 0.25) is 0 Å². The summed E-state index contributed by atoms with van der Waals surface area (Å²) in [7, 11) is 0. The molecule has 1 unspecified atom stereocenters. The second-order valence-electron chi connectivity index (χ2n) is 11.8. The highest BCUT2D eigenvalue weighted by molar-refractivity contribution is 5.76. The summed E-state index contributed by atoms with van der Waals surface area (Å²) in [5, 5.41) is 12.7. The number of aliphatic hydroxyl groups is 1. The average Bonchev–Trinajstić information content (AvgIpc) is 2.90. The van der Waals surface area contributed by atoms with Gasteiger partial charge in [-0.15, -0.1) is 0 Å². The first-order valence-electron chi connectivity index (χ1n) is 17.1. The zero-order chi connectivity index (χ0) is 27.1. The zero-order valence-corrected chi connectivity index (χ0v) is 25.6. The van der Waals surface area contributed by atoms with Gasteiger partial charge in [-0.25, -0.2) is 0 Å². The Labute approximate surface area is 233 Å². The molecular weight excluding hydrogens is 454 g/mol. The first-order valence-corrected chi connectivity index (χ1v) is 17.1. The van der Waals surface area contributed by atoms with Crippen LogP contribution in [0.1, 0.15) is 200 Å². The molecule has 0 bridgehead atoms. The lowest BCUT2D eigenvalue weighted by atomic mass is 10.0. The van der Waals surface area contributed by atoms with Crippen molar-refractivity contribution in [2.24, 2.45) is 0 Å². The highest BCUT2D eigenvalue weighted by atomic mass is 16.3. The molecule has 0 aliphatic carbocycles. The third-order valence-electron chi connectivity index (χ3n) is 8.00. The van der Waals surface area contributed by atoms with Gasteiger partial charge in [0.1, 0.15) is 0 Å². The first-order chi connectivity index (χ1) is 18.2. The predicted octanol–water partition coefficient (Wildman–Crippen LogP) is 10.8. The van der Waals surface area contributed by atoms with Gasteiger partial charge >= 0.3 is 0 Å². The molecule has 0 aliphatic rings. The van der Waals surface area contributed by atoms with E-state index in [1.54, 1.807) is 0 Å². The Morgan fingerprint density at radius 2 is 0.784 bits per heavy atom. The second-order valence-corrected chi connectivity index (χ2v) is 11.8. The molecule has 0 aromatic rings. The van der Waals surface area contributed by atoms with E-state index in [-0.39, 0.29) is 18.6 Å². The molecule has 0 rings (SSSR count). The van der Waals surface area contributed by atoms with Crippen LogP contribution in [0.25, 0.3) is 0 Å². The third kappa shape index (κ3) is 29.8. The van der Waals surface area contributed by atoms with Crippen LogP contribution in [-0.2, 0) is 4.79 Å². The van der Waals surface area contributed by atoms with Crippen molar-refractivity contribution in [2.45, 2.75) is 206 Å². The van der Waals surface area contributed by atoms with Gasteiger partial charge in [-0.1, -0.05) is 181 Å². The molecule has 0 radical (unpaired) electrons. The van der Waals surface area contributed by atoms with Gasteiger partial charge in [0.2, 0.25) is 5.91 Å². The highest BCUT2D eigenvalue weighted by Crippen LogP contribution is 2.15. The summed E-state index contributed by atoms with van der Waals surface area (Å²) >= 11 is 0. The van der Waals surface area contributed by atoms with Crippen molar-refractivity contribution in [3.05, 3.63) is 0 Å². The van der Waals surface area contributed by atoms with E-state index in [2.05, 4.69) is 19.2 Å². The molecule has 1 amide bonds. The van der Waals surface area contributed by atoms with Crippen LogP contribution in [0.15, 0.2) is 0 Å². The maximum atomic E-state index is 12.2. The molecule has 0 fully saturated rings. The van der Waals surface area contributed by atoms with Crippen LogP contribution in [0.4, 0.5) is 0 Å². The number of hydrogen-bond donors (Lipinski definition) is 2. The van der Waals surface area contributed by atoms with Crippen molar-refractivity contribution in [1.29, 1.82) is 0 Å². The number of hydrogen-bond acceptors (Lipinski definition) is 2. The van der Waals surface area contributed by atoms with Crippen molar-refractivity contribution >= 4 is 5.91 Å². The molecule has 0 saturated heterocycles. The number of carbonyl (C=O) groups is 1. The molecule has 2 N–H and O–H groups in total. The Morgan fingerprint density at radius 3 is 1.11 bits per heavy atom. The number of rotatable bonds is 31. The van der Waals surface area contributed by atoms with Gasteiger partial charge in [0, 0.05) is 6.42 Å². The molecule has 1 atom stereocenters. The number of nitrogens with one attached hydrogen (secondary N) is 1. The van der Waals surface area contributed by atoms with Crippen molar-refractivity contribution in [3.63, 3.8) is 0 Å². The Bertz CT molecular complexity index is 440. The maximum Gasteiger partial charge on any atom is 0.220 e. The fourth-order valence-corrected chi connectivity index (χ4v) is 5.40. The number of amides is 1. The molecule has 3 heteroatoms. The van der Waals surface area contributed by atoms with Crippen LogP contribution in [0, 0.1) is 0 Å². The van der Waals surface area contributed by atoms with Crippen molar-refractivity contribution in [3.8, 4) is 0 Å². The molecule has 0 heterocycles. The van der Waals surface area contributed by atoms with E-state index < -0.39 is 0 Å². The molecule has 3 nitrogen and oxygen atoms in total. The quantitative estimate of drug-likeness (QED) is 0.0887. The van der Waals surface area contributed by atoms with Crippen LogP contribution in [-0.4, -0.2) is 23.7 Å². The van der Waals surface area contributed by atoms with Crippen molar-refractivity contribution in [1.82, 2.24) is 5.32 Å². The van der Waals surface area contributed by atoms with Crippen LogP contribution in [0.3, 0.4) is 0 Å². The van der Waals surface area contributed by atoms with E-state index in [0.717, 1.165) is 25.7 Å². The average molecular weight is 524 g/mol. The Kier molecular flexibility index (Phi) is 31.2. The largest absolute Gasteiger partial charge is 0.394 e. The van der Waals surface area contributed by atoms with E-state index in [1.165, 1.54) is 154 Å². The summed E-state index contributed by atoms with van der Waals surface area (Å²) in [6.45, 7) is 4.63. The fourth-order valence-electron chi connectivity index (χ4n) is 5.40. The van der Waals surface area contributed by atoms with Crippen LogP contribution < -0.4 is 5.32 Å². The third-order valence-corrected chi connectivity index (χ3v) is 8.00. The molecule has 37 heavy (non-hydrogen) atoms. The summed E-state index contributed by atoms with van der Waals surface area (Å²) in [6, 6.07) is -0.0491. The van der Waals surface area contributed by atoms with Gasteiger partial charge in [-0.2, -0.15) is 0 Å². The predicted molar refractivity (Wildman–Crippen MR) is 164 cm³/mol. The molecule has 0 aromatic carbocycles. The standard InChI is InChI=1S/C34H69NO2/c1-3-5-7-9-11-13-15-17-18-19-21-23-25-27-29-31-34(37)35-33(32-36)30-28-26-24-22-20-16-14-12-10-8-6-4-2/h33,36H,3-32H2,1-2H3,(H,35,37). The monoisotopic (exact) mass is 524 g/mol. The normalized spacial score (nSPS) is 12.2. The molecule has 222 valence electrons. The summed E-state index contributed by atoms with van der Waals surface area (Å²) in [5.41, 5.74) is 0. The Hall–Kier alpha value is -0.570. The minimum absolute atomic E-state index is 0.0491.